The number of ketones is 1. The van der Waals surface area contributed by atoms with Crippen molar-refractivity contribution in [3.8, 4) is 11.5 Å². The molecule has 2 aromatic rings. The summed E-state index contributed by atoms with van der Waals surface area (Å²) in [4.78, 5) is 38.1. The number of hydrogen-bond donors (Lipinski definition) is 2. The van der Waals surface area contributed by atoms with Crippen molar-refractivity contribution in [1.82, 2.24) is 4.90 Å². The van der Waals surface area contributed by atoms with Gasteiger partial charge in [0, 0.05) is 17.7 Å². The number of rotatable bonds is 7. The fraction of sp³-hybridized carbons (Fsp3) is 0.261. The van der Waals surface area contributed by atoms with E-state index in [1.54, 1.807) is 42.5 Å². The molecule has 0 saturated carbocycles. The third-order valence-corrected chi connectivity index (χ3v) is 5.16. The van der Waals surface area contributed by atoms with Crippen molar-refractivity contribution in [2.75, 3.05) is 20.8 Å². The Kier molecular flexibility index (Phi) is 6.29. The van der Waals surface area contributed by atoms with Gasteiger partial charge in [0.05, 0.1) is 32.3 Å². The van der Waals surface area contributed by atoms with Crippen LogP contribution in [-0.4, -0.2) is 53.5 Å². The monoisotopic (exact) mass is 425 g/mol. The molecule has 0 bridgehead atoms. The lowest BCUT2D eigenvalue weighted by atomic mass is 9.94. The second-order valence-corrected chi connectivity index (χ2v) is 7.11. The zero-order chi connectivity index (χ0) is 22.7. The lowest BCUT2D eigenvalue weighted by Gasteiger charge is -2.26. The fourth-order valence-corrected chi connectivity index (χ4v) is 3.57. The number of benzene rings is 2. The van der Waals surface area contributed by atoms with E-state index in [0.717, 1.165) is 10.5 Å². The van der Waals surface area contributed by atoms with Crippen LogP contribution in [0.15, 0.2) is 48.0 Å². The normalized spacial score (nSPS) is 17.6. The first-order valence-corrected chi connectivity index (χ1v) is 9.57. The summed E-state index contributed by atoms with van der Waals surface area (Å²) in [5.41, 5.74) is 1.60. The molecule has 1 aliphatic heterocycles. The number of carboxylic acid groups (broad SMARTS) is 1. The molecule has 162 valence electrons. The van der Waals surface area contributed by atoms with Gasteiger partial charge in [0.2, 0.25) is 0 Å². The van der Waals surface area contributed by atoms with Crippen LogP contribution in [0.25, 0.3) is 5.76 Å². The molecule has 31 heavy (non-hydrogen) atoms. The molecule has 0 spiro atoms. The Morgan fingerprint density at radius 2 is 1.71 bits per heavy atom. The second kappa shape index (κ2) is 8.91. The van der Waals surface area contributed by atoms with E-state index < -0.39 is 23.7 Å². The van der Waals surface area contributed by atoms with E-state index in [4.69, 9.17) is 14.6 Å². The third kappa shape index (κ3) is 4.23. The van der Waals surface area contributed by atoms with Crippen LogP contribution < -0.4 is 9.47 Å². The smallest absolute Gasteiger partial charge is 0.305 e. The number of aryl methyl sites for hydroxylation is 1. The number of methoxy groups -OCH3 is 2. The quantitative estimate of drug-likeness (QED) is 0.398. The molecule has 1 aliphatic rings. The maximum Gasteiger partial charge on any atom is 0.305 e. The number of ether oxygens (including phenoxy) is 2. The molecular formula is C23H23NO7. The second-order valence-electron chi connectivity index (χ2n) is 7.11. The number of aliphatic hydroxyl groups excluding tert-OH is 1. The maximum absolute atomic E-state index is 13.0. The zero-order valence-electron chi connectivity index (χ0n) is 17.4. The molecule has 1 amide bonds. The van der Waals surface area contributed by atoms with Crippen LogP contribution in [0.4, 0.5) is 0 Å². The summed E-state index contributed by atoms with van der Waals surface area (Å²) in [6, 6.07) is 10.7. The molecule has 0 radical (unpaired) electrons. The molecule has 2 aromatic carbocycles. The fourth-order valence-electron chi connectivity index (χ4n) is 3.57. The largest absolute Gasteiger partial charge is 0.507 e. The zero-order valence-corrected chi connectivity index (χ0v) is 17.4. The Labute approximate surface area is 179 Å². The van der Waals surface area contributed by atoms with Crippen LogP contribution in [-0.2, 0) is 14.4 Å². The van der Waals surface area contributed by atoms with E-state index >= 15 is 0 Å². The van der Waals surface area contributed by atoms with Gasteiger partial charge in [0.15, 0.2) is 0 Å². The Bertz CT molecular complexity index is 1060. The Hall–Kier alpha value is -3.81. The van der Waals surface area contributed by atoms with Crippen molar-refractivity contribution in [3.63, 3.8) is 0 Å². The summed E-state index contributed by atoms with van der Waals surface area (Å²) in [6.45, 7) is 1.67. The molecule has 0 aromatic heterocycles. The minimum Gasteiger partial charge on any atom is -0.507 e. The highest BCUT2D eigenvalue weighted by Gasteiger charge is 2.47. The Morgan fingerprint density at radius 1 is 1.03 bits per heavy atom. The van der Waals surface area contributed by atoms with Gasteiger partial charge in [-0.15, -0.1) is 0 Å². The number of carboxylic acids is 1. The van der Waals surface area contributed by atoms with E-state index in [9.17, 15) is 19.5 Å². The van der Waals surface area contributed by atoms with Gasteiger partial charge in [0.25, 0.3) is 11.7 Å². The summed E-state index contributed by atoms with van der Waals surface area (Å²) < 4.78 is 10.7. The molecule has 1 atom stereocenters. The highest BCUT2D eigenvalue weighted by molar-refractivity contribution is 6.46. The van der Waals surface area contributed by atoms with Crippen LogP contribution in [0.1, 0.15) is 29.2 Å². The van der Waals surface area contributed by atoms with Crippen molar-refractivity contribution < 1.29 is 34.1 Å². The van der Waals surface area contributed by atoms with Crippen molar-refractivity contribution in [3.05, 3.63) is 64.7 Å². The number of aliphatic hydroxyl groups is 1. The SMILES string of the molecule is COc1ccc(OC)c(C2C(=C(O)c3ccc(C)cc3)C(=O)C(=O)N2CCC(=O)O)c1. The average molecular weight is 425 g/mol. The first-order chi connectivity index (χ1) is 14.8. The van der Waals surface area contributed by atoms with Crippen molar-refractivity contribution in [1.29, 1.82) is 0 Å². The summed E-state index contributed by atoms with van der Waals surface area (Å²) in [5, 5.41) is 20.1. The maximum atomic E-state index is 13.0. The predicted molar refractivity (Wildman–Crippen MR) is 112 cm³/mol. The number of hydrogen-bond acceptors (Lipinski definition) is 6. The minimum absolute atomic E-state index is 0.134. The number of carbonyl (C=O) groups excluding carboxylic acids is 2. The lowest BCUT2D eigenvalue weighted by Crippen LogP contribution is -2.32. The molecule has 8 nitrogen and oxygen atoms in total. The van der Waals surface area contributed by atoms with Gasteiger partial charge in [-0.3, -0.25) is 14.4 Å². The molecule has 3 rings (SSSR count). The van der Waals surface area contributed by atoms with Crippen molar-refractivity contribution in [2.45, 2.75) is 19.4 Å². The molecule has 8 heteroatoms. The highest BCUT2D eigenvalue weighted by atomic mass is 16.5. The number of carbonyl (C=O) groups is 3. The molecule has 1 unspecified atom stereocenters. The van der Waals surface area contributed by atoms with Gasteiger partial charge in [-0.2, -0.15) is 0 Å². The summed E-state index contributed by atoms with van der Waals surface area (Å²) in [5.74, 6) is -2.41. The number of aliphatic carboxylic acids is 1. The van der Waals surface area contributed by atoms with Gasteiger partial charge in [-0.1, -0.05) is 29.8 Å². The molecule has 1 heterocycles. The molecule has 2 N–H and O–H groups in total. The van der Waals surface area contributed by atoms with E-state index in [1.807, 2.05) is 6.92 Å². The van der Waals surface area contributed by atoms with Crippen molar-refractivity contribution >= 4 is 23.4 Å². The Morgan fingerprint density at radius 3 is 2.29 bits per heavy atom. The van der Waals surface area contributed by atoms with Gasteiger partial charge in [-0.05, 0) is 25.1 Å². The van der Waals surface area contributed by atoms with Gasteiger partial charge in [0.1, 0.15) is 17.3 Å². The molecule has 1 fully saturated rings. The van der Waals surface area contributed by atoms with Gasteiger partial charge >= 0.3 is 5.97 Å². The first-order valence-electron chi connectivity index (χ1n) is 9.57. The van der Waals surface area contributed by atoms with Crippen LogP contribution in [0.3, 0.4) is 0 Å². The van der Waals surface area contributed by atoms with E-state index in [2.05, 4.69) is 0 Å². The minimum atomic E-state index is -1.11. The third-order valence-electron chi connectivity index (χ3n) is 5.16. The number of likely N-dealkylation sites (tertiary alicyclic amines) is 1. The first kappa shape index (κ1) is 21.9. The highest BCUT2D eigenvalue weighted by Crippen LogP contribution is 2.43. The molecular weight excluding hydrogens is 402 g/mol. The van der Waals surface area contributed by atoms with Gasteiger partial charge in [-0.25, -0.2) is 0 Å². The predicted octanol–water partition coefficient (Wildman–Crippen LogP) is 2.91. The lowest BCUT2D eigenvalue weighted by molar-refractivity contribution is -0.142. The van der Waals surface area contributed by atoms with E-state index in [1.165, 1.54) is 14.2 Å². The van der Waals surface area contributed by atoms with E-state index in [0.29, 0.717) is 22.6 Å². The van der Waals surface area contributed by atoms with Crippen LogP contribution in [0, 0.1) is 6.92 Å². The van der Waals surface area contributed by atoms with Crippen LogP contribution >= 0.6 is 0 Å². The van der Waals surface area contributed by atoms with E-state index in [-0.39, 0.29) is 24.3 Å². The van der Waals surface area contributed by atoms with Crippen molar-refractivity contribution in [2.24, 2.45) is 0 Å². The summed E-state index contributed by atoms with van der Waals surface area (Å²) >= 11 is 0. The van der Waals surface area contributed by atoms with Gasteiger partial charge < -0.3 is 24.6 Å². The number of nitrogens with zero attached hydrogens (tertiary/aromatic N) is 1. The Balaban J connectivity index is 2.24. The standard InChI is InChI=1S/C23H23NO7/c1-13-4-6-14(7-5-13)21(27)19-20(16-12-15(30-2)8-9-17(16)31-3)24(11-10-18(25)26)23(29)22(19)28/h4-9,12,20,27H,10-11H2,1-3H3,(H,25,26). The molecule has 1 saturated heterocycles. The van der Waals surface area contributed by atoms with Crippen LogP contribution in [0.5, 0.6) is 11.5 Å². The average Bonchev–Trinajstić information content (AvgIpc) is 3.01. The topological polar surface area (TPSA) is 113 Å². The molecule has 0 aliphatic carbocycles. The van der Waals surface area contributed by atoms with Crippen LogP contribution in [0.2, 0.25) is 0 Å². The summed E-state index contributed by atoms with van der Waals surface area (Å²) in [6.07, 6.45) is -0.361. The number of amides is 1. The summed E-state index contributed by atoms with van der Waals surface area (Å²) in [7, 11) is 2.91. The number of Topliss-reactive ketones (excluding diaryl/α,β-unsaturated/α-hetero) is 1.